The fraction of sp³-hybridized carbons (Fsp3) is 0.350. The van der Waals surface area contributed by atoms with Crippen LogP contribution in [0.3, 0.4) is 0 Å². The van der Waals surface area contributed by atoms with Gasteiger partial charge in [-0.25, -0.2) is 0 Å². The largest absolute Gasteiger partial charge is 0.347 e. The van der Waals surface area contributed by atoms with Gasteiger partial charge in [0.1, 0.15) is 5.69 Å². The van der Waals surface area contributed by atoms with E-state index in [-0.39, 0.29) is 17.5 Å². The van der Waals surface area contributed by atoms with Gasteiger partial charge in [-0.05, 0) is 30.3 Å². The number of nitrogens with one attached hydrogen (secondary N) is 1. The molecule has 0 saturated carbocycles. The molecule has 0 aliphatic carbocycles. The smallest absolute Gasteiger partial charge is 0.270 e. The van der Waals surface area contributed by atoms with Crippen molar-refractivity contribution in [3.05, 3.63) is 64.4 Å². The first-order valence-corrected chi connectivity index (χ1v) is 9.45. The standard InChI is InChI=1S/C20H23ClN4O2/c1-2-24-9-11-25(12-10-24)20(27)15-7-8-22-18(13-15)19(26)23-14-16-5-3-4-6-17(16)21/h3-8,13H,2,9-12,14H2,1H3,(H,23,26). The lowest BCUT2D eigenvalue weighted by Crippen LogP contribution is -2.48. The van der Waals surface area contributed by atoms with Crippen molar-refractivity contribution in [3.8, 4) is 0 Å². The van der Waals surface area contributed by atoms with Gasteiger partial charge in [0.25, 0.3) is 11.8 Å². The summed E-state index contributed by atoms with van der Waals surface area (Å²) in [6, 6.07) is 10.5. The molecule has 1 aliphatic rings. The van der Waals surface area contributed by atoms with E-state index in [0.29, 0.717) is 30.2 Å². The Labute approximate surface area is 164 Å². The Hall–Kier alpha value is -2.44. The molecule has 1 N–H and O–H groups in total. The number of rotatable bonds is 5. The zero-order valence-corrected chi connectivity index (χ0v) is 16.1. The maximum atomic E-state index is 12.7. The molecule has 6 nitrogen and oxygen atoms in total. The van der Waals surface area contributed by atoms with E-state index in [1.54, 1.807) is 18.2 Å². The second kappa shape index (κ2) is 8.97. The molecule has 0 bridgehead atoms. The predicted octanol–water partition coefficient (Wildman–Crippen LogP) is 2.44. The van der Waals surface area contributed by atoms with Gasteiger partial charge in [0.2, 0.25) is 0 Å². The Morgan fingerprint density at radius 3 is 2.59 bits per heavy atom. The van der Waals surface area contributed by atoms with Gasteiger partial charge in [-0.3, -0.25) is 14.6 Å². The summed E-state index contributed by atoms with van der Waals surface area (Å²) < 4.78 is 0. The molecule has 1 fully saturated rings. The van der Waals surface area contributed by atoms with E-state index in [1.165, 1.54) is 6.20 Å². The highest BCUT2D eigenvalue weighted by atomic mass is 35.5. The number of piperazine rings is 1. The topological polar surface area (TPSA) is 65.5 Å². The average molecular weight is 387 g/mol. The number of carbonyl (C=O) groups excluding carboxylic acids is 2. The minimum atomic E-state index is -0.333. The first-order chi connectivity index (χ1) is 13.1. The lowest BCUT2D eigenvalue weighted by molar-refractivity contribution is 0.0643. The molecule has 27 heavy (non-hydrogen) atoms. The maximum absolute atomic E-state index is 12.7. The van der Waals surface area contributed by atoms with Gasteiger partial charge < -0.3 is 15.1 Å². The zero-order valence-electron chi connectivity index (χ0n) is 15.3. The minimum Gasteiger partial charge on any atom is -0.347 e. The van der Waals surface area contributed by atoms with E-state index in [9.17, 15) is 9.59 Å². The molecular formula is C20H23ClN4O2. The Balaban J connectivity index is 1.63. The first-order valence-electron chi connectivity index (χ1n) is 9.07. The van der Waals surface area contributed by atoms with Gasteiger partial charge in [-0.15, -0.1) is 0 Å². The fourth-order valence-electron chi connectivity index (χ4n) is 3.05. The Morgan fingerprint density at radius 1 is 1.15 bits per heavy atom. The molecule has 0 spiro atoms. The Morgan fingerprint density at radius 2 is 1.89 bits per heavy atom. The van der Waals surface area contributed by atoms with Crippen LogP contribution in [0.1, 0.15) is 33.3 Å². The van der Waals surface area contributed by atoms with Crippen LogP contribution in [0.15, 0.2) is 42.6 Å². The number of likely N-dealkylation sites (N-methyl/N-ethyl adjacent to an activating group) is 1. The summed E-state index contributed by atoms with van der Waals surface area (Å²) in [7, 11) is 0. The number of hydrogen-bond donors (Lipinski definition) is 1. The summed E-state index contributed by atoms with van der Waals surface area (Å²) in [6.07, 6.45) is 1.50. The summed E-state index contributed by atoms with van der Waals surface area (Å²) >= 11 is 6.11. The van der Waals surface area contributed by atoms with Crippen LogP contribution < -0.4 is 5.32 Å². The van der Waals surface area contributed by atoms with Crippen molar-refractivity contribution in [1.29, 1.82) is 0 Å². The van der Waals surface area contributed by atoms with Gasteiger partial charge in [0.05, 0.1) is 0 Å². The second-order valence-electron chi connectivity index (χ2n) is 6.43. The van der Waals surface area contributed by atoms with Crippen LogP contribution >= 0.6 is 11.6 Å². The molecule has 3 rings (SSSR count). The average Bonchev–Trinajstić information content (AvgIpc) is 2.72. The van der Waals surface area contributed by atoms with Crippen LogP contribution in [-0.2, 0) is 6.54 Å². The Bertz CT molecular complexity index is 819. The molecule has 2 amide bonds. The molecule has 0 unspecified atom stereocenters. The second-order valence-corrected chi connectivity index (χ2v) is 6.84. The number of aromatic nitrogens is 1. The summed E-state index contributed by atoms with van der Waals surface area (Å²) in [5, 5.41) is 3.40. The third-order valence-electron chi connectivity index (χ3n) is 4.74. The molecule has 1 aromatic carbocycles. The van der Waals surface area contributed by atoms with Gasteiger partial charge in [-0.2, -0.15) is 0 Å². The molecule has 2 heterocycles. The van der Waals surface area contributed by atoms with Crippen molar-refractivity contribution in [3.63, 3.8) is 0 Å². The molecule has 0 radical (unpaired) electrons. The van der Waals surface area contributed by atoms with Crippen molar-refractivity contribution >= 4 is 23.4 Å². The summed E-state index contributed by atoms with van der Waals surface area (Å²) in [5.41, 5.74) is 1.53. The third kappa shape index (κ3) is 4.84. The van der Waals surface area contributed by atoms with Gasteiger partial charge in [-0.1, -0.05) is 36.7 Å². The lowest BCUT2D eigenvalue weighted by atomic mass is 10.1. The molecule has 0 atom stereocenters. The van der Waals surface area contributed by atoms with Crippen LogP contribution in [0.4, 0.5) is 0 Å². The van der Waals surface area contributed by atoms with Crippen LogP contribution in [0.5, 0.6) is 0 Å². The van der Waals surface area contributed by atoms with Crippen LogP contribution in [-0.4, -0.2) is 59.3 Å². The quantitative estimate of drug-likeness (QED) is 0.857. The fourth-order valence-corrected chi connectivity index (χ4v) is 3.25. The van der Waals surface area contributed by atoms with Crippen LogP contribution in [0, 0.1) is 0 Å². The van der Waals surface area contributed by atoms with E-state index in [4.69, 9.17) is 11.6 Å². The van der Waals surface area contributed by atoms with Crippen LogP contribution in [0.25, 0.3) is 0 Å². The van der Waals surface area contributed by atoms with Crippen molar-refractivity contribution in [2.24, 2.45) is 0 Å². The molecule has 7 heteroatoms. The molecule has 1 aliphatic heterocycles. The van der Waals surface area contributed by atoms with Gasteiger partial charge in [0, 0.05) is 49.5 Å². The van der Waals surface area contributed by atoms with E-state index in [1.807, 2.05) is 23.1 Å². The number of pyridine rings is 1. The van der Waals surface area contributed by atoms with Crippen molar-refractivity contribution in [2.45, 2.75) is 13.5 Å². The van der Waals surface area contributed by atoms with Crippen molar-refractivity contribution < 1.29 is 9.59 Å². The number of hydrogen-bond acceptors (Lipinski definition) is 4. The summed E-state index contributed by atoms with van der Waals surface area (Å²) in [6.45, 7) is 6.56. The monoisotopic (exact) mass is 386 g/mol. The minimum absolute atomic E-state index is 0.0618. The highest BCUT2D eigenvalue weighted by molar-refractivity contribution is 6.31. The predicted molar refractivity (Wildman–Crippen MR) is 105 cm³/mol. The van der Waals surface area contributed by atoms with E-state index in [0.717, 1.165) is 25.2 Å². The highest BCUT2D eigenvalue weighted by Gasteiger charge is 2.22. The number of carbonyl (C=O) groups is 2. The van der Waals surface area contributed by atoms with E-state index >= 15 is 0 Å². The first kappa shape index (κ1) is 19.3. The van der Waals surface area contributed by atoms with Crippen molar-refractivity contribution in [2.75, 3.05) is 32.7 Å². The molecule has 142 valence electrons. The summed E-state index contributed by atoms with van der Waals surface area (Å²) in [5.74, 6) is -0.395. The molecule has 1 saturated heterocycles. The zero-order chi connectivity index (χ0) is 19.2. The summed E-state index contributed by atoms with van der Waals surface area (Å²) in [4.78, 5) is 33.4. The lowest BCUT2D eigenvalue weighted by Gasteiger charge is -2.34. The number of halogens is 1. The molecular weight excluding hydrogens is 364 g/mol. The van der Waals surface area contributed by atoms with Gasteiger partial charge >= 0.3 is 0 Å². The highest BCUT2D eigenvalue weighted by Crippen LogP contribution is 2.15. The molecule has 1 aromatic heterocycles. The van der Waals surface area contributed by atoms with Crippen molar-refractivity contribution in [1.82, 2.24) is 20.1 Å². The van der Waals surface area contributed by atoms with E-state index in [2.05, 4.69) is 22.1 Å². The molecule has 2 aromatic rings. The van der Waals surface area contributed by atoms with Gasteiger partial charge in [0.15, 0.2) is 0 Å². The SMILES string of the molecule is CCN1CCN(C(=O)c2ccnc(C(=O)NCc3ccccc3Cl)c2)CC1. The number of benzene rings is 1. The Kier molecular flexibility index (Phi) is 6.42. The third-order valence-corrected chi connectivity index (χ3v) is 5.11. The number of nitrogens with zero attached hydrogens (tertiary/aromatic N) is 3. The normalized spacial score (nSPS) is 14.8. The number of amides is 2. The van der Waals surface area contributed by atoms with Crippen LogP contribution in [0.2, 0.25) is 5.02 Å². The van der Waals surface area contributed by atoms with E-state index < -0.39 is 0 Å². The maximum Gasteiger partial charge on any atom is 0.270 e.